The summed E-state index contributed by atoms with van der Waals surface area (Å²) in [7, 11) is 5.13. The maximum absolute atomic E-state index is 12.1. The molecule has 1 N–H and O–H groups in total. The number of aromatic nitrogens is 2. The van der Waals surface area contributed by atoms with E-state index in [9.17, 15) is 14.9 Å². The zero-order chi connectivity index (χ0) is 17.7. The number of aromatic amines is 1. The summed E-state index contributed by atoms with van der Waals surface area (Å²) in [6.07, 6.45) is 0. The van der Waals surface area contributed by atoms with Crippen LogP contribution in [-0.4, -0.2) is 42.9 Å². The minimum Gasteiger partial charge on any atom is -0.468 e. The highest BCUT2D eigenvalue weighted by molar-refractivity contribution is 7.99. The van der Waals surface area contributed by atoms with Crippen molar-refractivity contribution >= 4 is 23.4 Å². The third-order valence-electron chi connectivity index (χ3n) is 3.22. The van der Waals surface area contributed by atoms with Gasteiger partial charge in [-0.25, -0.2) is 4.98 Å². The predicted molar refractivity (Wildman–Crippen MR) is 92.1 cm³/mol. The van der Waals surface area contributed by atoms with Gasteiger partial charge in [-0.05, 0) is 12.1 Å². The molecule has 24 heavy (non-hydrogen) atoms. The van der Waals surface area contributed by atoms with Crippen LogP contribution in [0, 0.1) is 11.3 Å². The summed E-state index contributed by atoms with van der Waals surface area (Å²) in [4.78, 5) is 32.1. The van der Waals surface area contributed by atoms with E-state index in [2.05, 4.69) is 14.7 Å². The number of H-pyrrole nitrogens is 1. The third kappa shape index (κ3) is 3.94. The Bertz CT molecular complexity index is 838. The summed E-state index contributed by atoms with van der Waals surface area (Å²) in [5.74, 6) is -0.409. The fourth-order valence-electron chi connectivity index (χ4n) is 1.94. The summed E-state index contributed by atoms with van der Waals surface area (Å²) >= 11 is 1.04. The van der Waals surface area contributed by atoms with E-state index >= 15 is 0 Å². The molecule has 1 aromatic carbocycles. The molecule has 0 radical (unpaired) electrons. The van der Waals surface area contributed by atoms with Gasteiger partial charge in [-0.2, -0.15) is 5.26 Å². The number of thioether (sulfide) groups is 1. The summed E-state index contributed by atoms with van der Waals surface area (Å²) < 4.78 is 4.56. The number of methoxy groups -OCH3 is 1. The first kappa shape index (κ1) is 17.6. The number of nitrogens with one attached hydrogen (secondary N) is 1. The Labute approximate surface area is 143 Å². The Kier molecular flexibility index (Phi) is 5.60. The highest BCUT2D eigenvalue weighted by Crippen LogP contribution is 2.24. The number of nitrogens with zero attached hydrogens (tertiary/aromatic N) is 3. The number of esters is 1. The van der Waals surface area contributed by atoms with Gasteiger partial charge in [-0.3, -0.25) is 9.59 Å². The van der Waals surface area contributed by atoms with Gasteiger partial charge in [0.15, 0.2) is 5.16 Å². The smallest absolute Gasteiger partial charge is 0.316 e. The van der Waals surface area contributed by atoms with Gasteiger partial charge in [0.25, 0.3) is 5.56 Å². The molecule has 0 saturated carbocycles. The standard InChI is InChI=1S/C16H16N4O3S/c1-20(2)11-6-4-10(5-7-11)14-12(8-17)15(22)19-16(18-14)24-9-13(21)23-3/h4-7H,9H2,1-3H3,(H,18,19,22). The minimum absolute atomic E-state index is 0.0182. The molecule has 0 aliphatic rings. The van der Waals surface area contributed by atoms with Crippen LogP contribution in [0.25, 0.3) is 11.3 Å². The van der Waals surface area contributed by atoms with E-state index in [1.807, 2.05) is 37.2 Å². The summed E-state index contributed by atoms with van der Waals surface area (Å²) in [6, 6.07) is 9.23. The van der Waals surface area contributed by atoms with Crippen molar-refractivity contribution in [3.63, 3.8) is 0 Å². The largest absolute Gasteiger partial charge is 0.468 e. The Balaban J connectivity index is 2.43. The van der Waals surface area contributed by atoms with Crippen LogP contribution >= 0.6 is 11.8 Å². The van der Waals surface area contributed by atoms with Gasteiger partial charge in [0.1, 0.15) is 11.6 Å². The normalized spacial score (nSPS) is 10.1. The molecule has 2 aromatic rings. The van der Waals surface area contributed by atoms with Crippen LogP contribution in [0.3, 0.4) is 0 Å². The number of rotatable bonds is 5. The van der Waals surface area contributed by atoms with Crippen molar-refractivity contribution < 1.29 is 9.53 Å². The third-order valence-corrected chi connectivity index (χ3v) is 4.07. The van der Waals surface area contributed by atoms with Crippen molar-refractivity contribution in [2.24, 2.45) is 0 Å². The molecule has 2 rings (SSSR count). The average molecular weight is 344 g/mol. The molecule has 0 saturated heterocycles. The van der Waals surface area contributed by atoms with E-state index in [-0.39, 0.29) is 16.5 Å². The first-order chi connectivity index (χ1) is 11.5. The van der Waals surface area contributed by atoms with Crippen LogP contribution < -0.4 is 10.5 Å². The molecule has 0 unspecified atom stereocenters. The van der Waals surface area contributed by atoms with Crippen molar-refractivity contribution in [2.45, 2.75) is 5.16 Å². The Morgan fingerprint density at radius 2 is 2.04 bits per heavy atom. The van der Waals surface area contributed by atoms with E-state index in [4.69, 9.17) is 0 Å². The minimum atomic E-state index is -0.536. The fourth-order valence-corrected chi connectivity index (χ4v) is 2.63. The van der Waals surface area contributed by atoms with Gasteiger partial charge < -0.3 is 14.6 Å². The Morgan fingerprint density at radius 1 is 1.38 bits per heavy atom. The second-order valence-electron chi connectivity index (χ2n) is 5.01. The number of carbonyl (C=O) groups excluding carboxylic acids is 1. The van der Waals surface area contributed by atoms with Gasteiger partial charge in [0, 0.05) is 25.3 Å². The number of benzene rings is 1. The zero-order valence-corrected chi connectivity index (χ0v) is 14.3. The van der Waals surface area contributed by atoms with Crippen LogP contribution in [0.4, 0.5) is 5.69 Å². The molecular weight excluding hydrogens is 328 g/mol. The Morgan fingerprint density at radius 3 is 2.58 bits per heavy atom. The van der Waals surface area contributed by atoms with Crippen molar-refractivity contribution in [3.8, 4) is 17.3 Å². The van der Waals surface area contributed by atoms with E-state index in [0.29, 0.717) is 11.3 Å². The lowest BCUT2D eigenvalue weighted by Crippen LogP contribution is -2.15. The first-order valence-electron chi connectivity index (χ1n) is 6.98. The quantitative estimate of drug-likeness (QED) is 0.500. The number of nitriles is 1. The van der Waals surface area contributed by atoms with Crippen LogP contribution in [0.2, 0.25) is 0 Å². The van der Waals surface area contributed by atoms with E-state index in [1.165, 1.54) is 7.11 Å². The van der Waals surface area contributed by atoms with E-state index in [0.717, 1.165) is 17.4 Å². The Hall–Kier alpha value is -2.79. The average Bonchev–Trinajstić information content (AvgIpc) is 2.59. The molecule has 124 valence electrons. The van der Waals surface area contributed by atoms with Crippen molar-refractivity contribution in [2.75, 3.05) is 31.9 Å². The van der Waals surface area contributed by atoms with E-state index in [1.54, 1.807) is 12.1 Å². The van der Waals surface area contributed by atoms with E-state index < -0.39 is 11.5 Å². The van der Waals surface area contributed by atoms with Crippen molar-refractivity contribution in [1.29, 1.82) is 5.26 Å². The maximum atomic E-state index is 12.1. The number of hydrogen-bond acceptors (Lipinski definition) is 7. The van der Waals surface area contributed by atoms with Crippen LogP contribution in [0.1, 0.15) is 5.56 Å². The molecule has 0 fully saturated rings. The molecule has 1 aromatic heterocycles. The molecular formula is C16H16N4O3S. The molecule has 8 heteroatoms. The van der Waals surface area contributed by atoms with Crippen molar-refractivity contribution in [1.82, 2.24) is 9.97 Å². The topological polar surface area (TPSA) is 99.1 Å². The molecule has 0 amide bonds. The lowest BCUT2D eigenvalue weighted by atomic mass is 10.1. The highest BCUT2D eigenvalue weighted by Gasteiger charge is 2.14. The number of ether oxygens (including phenoxy) is 1. The highest BCUT2D eigenvalue weighted by atomic mass is 32.2. The molecule has 0 spiro atoms. The summed E-state index contributed by atoms with van der Waals surface area (Å²) in [6.45, 7) is 0. The number of anilines is 1. The van der Waals surface area contributed by atoms with Gasteiger partial charge in [-0.1, -0.05) is 23.9 Å². The van der Waals surface area contributed by atoms with Gasteiger partial charge in [-0.15, -0.1) is 0 Å². The number of carbonyl (C=O) groups is 1. The second-order valence-corrected chi connectivity index (χ2v) is 5.98. The summed E-state index contributed by atoms with van der Waals surface area (Å²) in [5.41, 5.74) is 1.34. The molecule has 0 atom stereocenters. The second kappa shape index (κ2) is 7.66. The molecule has 0 bridgehead atoms. The molecule has 7 nitrogen and oxygen atoms in total. The molecule has 0 aliphatic carbocycles. The lowest BCUT2D eigenvalue weighted by Gasteiger charge is -2.13. The van der Waals surface area contributed by atoms with Gasteiger partial charge >= 0.3 is 5.97 Å². The zero-order valence-electron chi connectivity index (χ0n) is 13.5. The van der Waals surface area contributed by atoms with Gasteiger partial charge in [0.05, 0.1) is 18.6 Å². The van der Waals surface area contributed by atoms with Gasteiger partial charge in [0.2, 0.25) is 0 Å². The van der Waals surface area contributed by atoms with Crippen molar-refractivity contribution in [3.05, 3.63) is 40.2 Å². The maximum Gasteiger partial charge on any atom is 0.316 e. The van der Waals surface area contributed by atoms with Crippen LogP contribution in [0.5, 0.6) is 0 Å². The van der Waals surface area contributed by atoms with Crippen LogP contribution in [-0.2, 0) is 9.53 Å². The summed E-state index contributed by atoms with van der Waals surface area (Å²) in [5, 5.41) is 9.51. The fraction of sp³-hybridized carbons (Fsp3) is 0.250. The van der Waals surface area contributed by atoms with Crippen LogP contribution in [0.15, 0.2) is 34.2 Å². The molecule has 0 aliphatic heterocycles. The first-order valence-corrected chi connectivity index (χ1v) is 7.96. The number of hydrogen-bond donors (Lipinski definition) is 1. The monoisotopic (exact) mass is 344 g/mol. The molecule has 1 heterocycles. The lowest BCUT2D eigenvalue weighted by molar-refractivity contribution is -0.137. The predicted octanol–water partition coefficient (Wildman–Crippen LogP) is 1.64. The SMILES string of the molecule is COC(=O)CSc1nc(-c2ccc(N(C)C)cc2)c(C#N)c(=O)[nH]1.